The monoisotopic (exact) mass is 367 g/mol. The summed E-state index contributed by atoms with van der Waals surface area (Å²) in [4.78, 5) is 23.3. The zero-order chi connectivity index (χ0) is 19.0. The van der Waals surface area contributed by atoms with E-state index in [0.29, 0.717) is 13.1 Å². The molecule has 7 heteroatoms. The van der Waals surface area contributed by atoms with Crippen molar-refractivity contribution in [3.05, 3.63) is 54.4 Å². The Hall–Kier alpha value is -2.96. The fourth-order valence-corrected chi connectivity index (χ4v) is 3.70. The van der Waals surface area contributed by atoms with Crippen LogP contribution in [0.2, 0.25) is 0 Å². The van der Waals surface area contributed by atoms with E-state index < -0.39 is 5.82 Å². The number of hydrogen-bond acceptors (Lipinski definition) is 3. The van der Waals surface area contributed by atoms with Crippen molar-refractivity contribution >= 4 is 22.8 Å². The molecule has 0 unspecified atom stereocenters. The van der Waals surface area contributed by atoms with Gasteiger partial charge in [0.2, 0.25) is 0 Å². The number of urea groups is 1. The number of fused-ring (bicyclic) bond motifs is 1. The molecule has 1 aromatic carbocycles. The summed E-state index contributed by atoms with van der Waals surface area (Å²) in [5, 5.41) is 2.66. The Morgan fingerprint density at radius 3 is 2.89 bits per heavy atom. The molecule has 0 aliphatic carbocycles. The van der Waals surface area contributed by atoms with Crippen molar-refractivity contribution in [3.63, 3.8) is 0 Å². The number of anilines is 1. The van der Waals surface area contributed by atoms with Gasteiger partial charge in [-0.2, -0.15) is 0 Å². The van der Waals surface area contributed by atoms with Crippen LogP contribution in [0.15, 0.2) is 42.7 Å². The molecule has 3 aromatic rings. The lowest BCUT2D eigenvalue weighted by molar-refractivity contribution is 0.221. The quantitative estimate of drug-likeness (QED) is 0.756. The number of carbonyl (C=O) groups excluding carboxylic acids is 1. The summed E-state index contributed by atoms with van der Waals surface area (Å²) in [6, 6.07) is 8.07. The first-order chi connectivity index (χ1) is 13.0. The Labute approximate surface area is 157 Å². The molecular weight excluding hydrogens is 345 g/mol. The largest absolute Gasteiger partial charge is 0.324 e. The summed E-state index contributed by atoms with van der Waals surface area (Å²) < 4.78 is 16.0. The summed E-state index contributed by atoms with van der Waals surface area (Å²) >= 11 is 0. The predicted octanol–water partition coefficient (Wildman–Crippen LogP) is 4.17. The van der Waals surface area contributed by atoms with Gasteiger partial charge in [-0.15, -0.1) is 0 Å². The number of rotatable bonds is 3. The number of halogens is 1. The lowest BCUT2D eigenvalue weighted by atomic mass is 10.1. The highest BCUT2D eigenvalue weighted by Crippen LogP contribution is 2.31. The minimum atomic E-state index is -0.435. The molecule has 0 radical (unpaired) electrons. The third-order valence-electron chi connectivity index (χ3n) is 4.99. The summed E-state index contributed by atoms with van der Waals surface area (Å²) in [5.41, 5.74) is 2.13. The van der Waals surface area contributed by atoms with E-state index in [1.165, 1.54) is 6.07 Å². The molecule has 140 valence electrons. The Morgan fingerprint density at radius 1 is 1.30 bits per heavy atom. The zero-order valence-corrected chi connectivity index (χ0v) is 15.4. The Balaban J connectivity index is 1.55. The summed E-state index contributed by atoms with van der Waals surface area (Å²) in [7, 11) is 0. The molecular formula is C20H22FN5O. The smallest absolute Gasteiger partial charge is 0.321 e. The standard InChI is InChI=1S/C20H22FN5O/c1-13(2)26-18-11-22-9-7-17(18)23-19(26)14-8-10-25(12-14)20(27)24-16-6-4-3-5-15(16)21/h3-7,9,11,13-14H,8,10,12H2,1-2H3,(H,24,27)/t14-/m1/s1. The van der Waals surface area contributed by atoms with Crippen LogP contribution in [0.3, 0.4) is 0 Å². The number of nitrogens with zero attached hydrogens (tertiary/aromatic N) is 4. The fourth-order valence-electron chi connectivity index (χ4n) is 3.70. The summed E-state index contributed by atoms with van der Waals surface area (Å²) in [6.07, 6.45) is 4.41. The molecule has 0 saturated carbocycles. The van der Waals surface area contributed by atoms with Crippen molar-refractivity contribution in [2.45, 2.75) is 32.2 Å². The molecule has 1 atom stereocenters. The molecule has 1 fully saturated rings. The van der Waals surface area contributed by atoms with E-state index in [0.717, 1.165) is 23.3 Å². The second-order valence-electron chi connectivity index (χ2n) is 7.14. The van der Waals surface area contributed by atoms with Crippen molar-refractivity contribution < 1.29 is 9.18 Å². The van der Waals surface area contributed by atoms with E-state index in [2.05, 4.69) is 28.7 Å². The molecule has 0 spiro atoms. The van der Waals surface area contributed by atoms with Crippen LogP contribution >= 0.6 is 0 Å². The predicted molar refractivity (Wildman–Crippen MR) is 102 cm³/mol. The number of imidazole rings is 1. The summed E-state index contributed by atoms with van der Waals surface area (Å²) in [5.74, 6) is 0.691. The maximum Gasteiger partial charge on any atom is 0.321 e. The van der Waals surface area contributed by atoms with Crippen LogP contribution in [0.5, 0.6) is 0 Å². The van der Waals surface area contributed by atoms with Crippen LogP contribution in [-0.4, -0.2) is 38.6 Å². The molecule has 2 aromatic heterocycles. The molecule has 2 amide bonds. The number of nitrogens with one attached hydrogen (secondary N) is 1. The van der Waals surface area contributed by atoms with Gasteiger partial charge in [0.1, 0.15) is 11.6 Å². The number of amides is 2. The lowest BCUT2D eigenvalue weighted by Gasteiger charge is -2.19. The Bertz CT molecular complexity index is 983. The van der Waals surface area contributed by atoms with Gasteiger partial charge in [0.15, 0.2) is 0 Å². The molecule has 6 nitrogen and oxygen atoms in total. The molecule has 3 heterocycles. The number of carbonyl (C=O) groups is 1. The van der Waals surface area contributed by atoms with Crippen LogP contribution in [0, 0.1) is 5.82 Å². The van der Waals surface area contributed by atoms with E-state index in [-0.39, 0.29) is 23.7 Å². The van der Waals surface area contributed by atoms with Gasteiger partial charge in [0.05, 0.1) is 22.9 Å². The minimum absolute atomic E-state index is 0.145. The number of para-hydroxylation sites is 1. The first kappa shape index (κ1) is 17.5. The van der Waals surface area contributed by atoms with E-state index >= 15 is 0 Å². The molecule has 4 rings (SSSR count). The number of pyridine rings is 1. The third kappa shape index (κ3) is 3.25. The second kappa shape index (κ2) is 6.98. The highest BCUT2D eigenvalue weighted by atomic mass is 19.1. The average molecular weight is 367 g/mol. The maximum absolute atomic E-state index is 13.8. The van der Waals surface area contributed by atoms with Crippen molar-refractivity contribution in [3.8, 4) is 0 Å². The van der Waals surface area contributed by atoms with E-state index in [1.807, 2.05) is 12.3 Å². The second-order valence-corrected chi connectivity index (χ2v) is 7.14. The maximum atomic E-state index is 13.8. The van der Waals surface area contributed by atoms with E-state index in [9.17, 15) is 9.18 Å². The Morgan fingerprint density at radius 2 is 2.11 bits per heavy atom. The van der Waals surface area contributed by atoms with Gasteiger partial charge in [-0.25, -0.2) is 14.2 Å². The molecule has 27 heavy (non-hydrogen) atoms. The van der Waals surface area contributed by atoms with Crippen LogP contribution in [0.1, 0.15) is 38.1 Å². The summed E-state index contributed by atoms with van der Waals surface area (Å²) in [6.45, 7) is 5.42. The van der Waals surface area contributed by atoms with Gasteiger partial charge < -0.3 is 14.8 Å². The average Bonchev–Trinajstić information content (AvgIpc) is 3.28. The van der Waals surface area contributed by atoms with E-state index in [1.54, 1.807) is 29.3 Å². The number of likely N-dealkylation sites (tertiary alicyclic amines) is 1. The molecule has 1 N–H and O–H groups in total. The first-order valence-corrected chi connectivity index (χ1v) is 9.17. The molecule has 1 aliphatic heterocycles. The van der Waals surface area contributed by atoms with Gasteiger partial charge in [-0.3, -0.25) is 4.98 Å². The topological polar surface area (TPSA) is 63.1 Å². The lowest BCUT2D eigenvalue weighted by Crippen LogP contribution is -2.33. The van der Waals surface area contributed by atoms with Crippen molar-refractivity contribution in [2.24, 2.45) is 0 Å². The molecule has 0 bridgehead atoms. The van der Waals surface area contributed by atoms with E-state index in [4.69, 9.17) is 4.98 Å². The fraction of sp³-hybridized carbons (Fsp3) is 0.350. The number of aromatic nitrogens is 3. The third-order valence-corrected chi connectivity index (χ3v) is 4.99. The molecule has 1 saturated heterocycles. The zero-order valence-electron chi connectivity index (χ0n) is 15.4. The van der Waals surface area contributed by atoms with Gasteiger partial charge in [0.25, 0.3) is 0 Å². The highest BCUT2D eigenvalue weighted by molar-refractivity contribution is 5.89. The minimum Gasteiger partial charge on any atom is -0.324 e. The molecule has 1 aliphatic rings. The van der Waals surface area contributed by atoms with Crippen molar-refractivity contribution in [2.75, 3.05) is 18.4 Å². The Kier molecular flexibility index (Phi) is 4.51. The van der Waals surface area contributed by atoms with Gasteiger partial charge in [-0.1, -0.05) is 12.1 Å². The van der Waals surface area contributed by atoms with Crippen molar-refractivity contribution in [1.82, 2.24) is 19.4 Å². The van der Waals surface area contributed by atoms with Crippen LogP contribution < -0.4 is 5.32 Å². The van der Waals surface area contributed by atoms with Crippen LogP contribution in [0.25, 0.3) is 11.0 Å². The van der Waals surface area contributed by atoms with Crippen molar-refractivity contribution in [1.29, 1.82) is 0 Å². The van der Waals surface area contributed by atoms with Crippen LogP contribution in [0.4, 0.5) is 14.9 Å². The number of hydrogen-bond donors (Lipinski definition) is 1. The van der Waals surface area contributed by atoms with Gasteiger partial charge >= 0.3 is 6.03 Å². The van der Waals surface area contributed by atoms with Gasteiger partial charge in [0, 0.05) is 31.2 Å². The first-order valence-electron chi connectivity index (χ1n) is 9.17. The SMILES string of the molecule is CC(C)n1c([C@@H]2CCN(C(=O)Nc3ccccc3F)C2)nc2ccncc21. The van der Waals surface area contributed by atoms with Gasteiger partial charge in [-0.05, 0) is 38.5 Å². The van der Waals surface area contributed by atoms with Crippen LogP contribution in [-0.2, 0) is 0 Å². The number of benzene rings is 1. The highest BCUT2D eigenvalue weighted by Gasteiger charge is 2.31. The normalized spacial score (nSPS) is 17.0.